The zero-order chi connectivity index (χ0) is 18.6. The third-order valence-electron chi connectivity index (χ3n) is 5.70. The van der Waals surface area contributed by atoms with Crippen molar-refractivity contribution in [1.29, 1.82) is 0 Å². The van der Waals surface area contributed by atoms with Gasteiger partial charge in [0, 0.05) is 31.6 Å². The van der Waals surface area contributed by atoms with E-state index in [1.807, 2.05) is 35.2 Å². The first kappa shape index (κ1) is 17.8. The highest BCUT2D eigenvalue weighted by molar-refractivity contribution is 5.94. The zero-order valence-corrected chi connectivity index (χ0v) is 15.7. The molecule has 1 fully saturated rings. The van der Waals surface area contributed by atoms with Gasteiger partial charge in [-0.1, -0.05) is 30.3 Å². The van der Waals surface area contributed by atoms with E-state index >= 15 is 0 Å². The van der Waals surface area contributed by atoms with E-state index in [0.29, 0.717) is 19.5 Å². The first-order valence-corrected chi connectivity index (χ1v) is 9.95. The maximum atomic E-state index is 12.6. The van der Waals surface area contributed by atoms with E-state index in [0.717, 1.165) is 42.5 Å². The number of amides is 2. The molecule has 0 radical (unpaired) electrons. The molecule has 4 heteroatoms. The summed E-state index contributed by atoms with van der Waals surface area (Å²) in [5.41, 5.74) is 5.63. The smallest absolute Gasteiger partial charge is 0.251 e. The van der Waals surface area contributed by atoms with Crippen molar-refractivity contribution in [3.05, 3.63) is 70.3 Å². The van der Waals surface area contributed by atoms with Crippen LogP contribution in [0.3, 0.4) is 0 Å². The molecule has 1 saturated heterocycles. The Labute approximate surface area is 160 Å². The van der Waals surface area contributed by atoms with Crippen molar-refractivity contribution in [2.45, 2.75) is 51.6 Å². The molecule has 0 unspecified atom stereocenters. The maximum Gasteiger partial charge on any atom is 0.251 e. The topological polar surface area (TPSA) is 49.4 Å². The first-order chi connectivity index (χ1) is 13.2. The highest BCUT2D eigenvalue weighted by atomic mass is 16.2. The molecule has 0 saturated carbocycles. The SMILES string of the molecule is O=C(NCc1ccccc1CN1CCCC1=O)c1ccc2c(c1)CCCC2. The number of nitrogens with zero attached hydrogens (tertiary/aromatic N) is 1. The molecule has 1 aliphatic heterocycles. The lowest BCUT2D eigenvalue weighted by Gasteiger charge is -2.19. The van der Waals surface area contributed by atoms with Gasteiger partial charge in [-0.3, -0.25) is 9.59 Å². The van der Waals surface area contributed by atoms with E-state index in [1.165, 1.54) is 24.0 Å². The number of aryl methyl sites for hydroxylation is 2. The number of nitrogens with one attached hydrogen (secondary N) is 1. The Morgan fingerprint density at radius 3 is 2.48 bits per heavy atom. The fourth-order valence-corrected chi connectivity index (χ4v) is 4.11. The lowest BCUT2D eigenvalue weighted by atomic mass is 9.90. The van der Waals surface area contributed by atoms with Crippen LogP contribution in [0.2, 0.25) is 0 Å². The number of carbonyl (C=O) groups excluding carboxylic acids is 2. The molecule has 0 atom stereocenters. The Hall–Kier alpha value is -2.62. The Balaban J connectivity index is 1.42. The van der Waals surface area contributed by atoms with Crippen LogP contribution in [0.4, 0.5) is 0 Å². The number of benzene rings is 2. The van der Waals surface area contributed by atoms with Crippen molar-refractivity contribution in [1.82, 2.24) is 10.2 Å². The third-order valence-corrected chi connectivity index (χ3v) is 5.70. The van der Waals surface area contributed by atoms with Gasteiger partial charge < -0.3 is 10.2 Å². The molecule has 1 heterocycles. The van der Waals surface area contributed by atoms with Gasteiger partial charge in [0.2, 0.25) is 5.91 Å². The Kier molecular flexibility index (Phi) is 5.23. The molecule has 1 aliphatic carbocycles. The maximum absolute atomic E-state index is 12.6. The summed E-state index contributed by atoms with van der Waals surface area (Å²) in [5.74, 6) is 0.193. The van der Waals surface area contributed by atoms with Gasteiger partial charge >= 0.3 is 0 Å². The molecule has 1 N–H and O–H groups in total. The average Bonchev–Trinajstić information content (AvgIpc) is 3.11. The van der Waals surface area contributed by atoms with Gasteiger partial charge in [-0.15, -0.1) is 0 Å². The zero-order valence-electron chi connectivity index (χ0n) is 15.7. The highest BCUT2D eigenvalue weighted by Gasteiger charge is 2.21. The molecule has 4 rings (SSSR count). The van der Waals surface area contributed by atoms with E-state index in [9.17, 15) is 9.59 Å². The fourth-order valence-electron chi connectivity index (χ4n) is 4.11. The summed E-state index contributed by atoms with van der Waals surface area (Å²) in [7, 11) is 0. The van der Waals surface area contributed by atoms with Crippen LogP contribution >= 0.6 is 0 Å². The van der Waals surface area contributed by atoms with Gasteiger partial charge in [0.05, 0.1) is 0 Å². The second-order valence-corrected chi connectivity index (χ2v) is 7.56. The molecule has 2 aromatic carbocycles. The summed E-state index contributed by atoms with van der Waals surface area (Å²) in [6.45, 7) is 1.94. The van der Waals surface area contributed by atoms with Crippen molar-refractivity contribution in [2.75, 3.05) is 6.54 Å². The van der Waals surface area contributed by atoms with Crippen molar-refractivity contribution < 1.29 is 9.59 Å². The summed E-state index contributed by atoms with van der Waals surface area (Å²) in [6, 6.07) is 14.2. The van der Waals surface area contributed by atoms with Crippen LogP contribution in [0.5, 0.6) is 0 Å². The van der Waals surface area contributed by atoms with Crippen LogP contribution in [0.15, 0.2) is 42.5 Å². The Morgan fingerprint density at radius 1 is 0.926 bits per heavy atom. The van der Waals surface area contributed by atoms with Crippen molar-refractivity contribution in [3.63, 3.8) is 0 Å². The van der Waals surface area contributed by atoms with Gasteiger partial charge in [-0.2, -0.15) is 0 Å². The van der Waals surface area contributed by atoms with E-state index < -0.39 is 0 Å². The average molecular weight is 362 g/mol. The van der Waals surface area contributed by atoms with Gasteiger partial charge in [0.1, 0.15) is 0 Å². The summed E-state index contributed by atoms with van der Waals surface area (Å²) in [4.78, 5) is 26.5. The van der Waals surface area contributed by atoms with E-state index in [-0.39, 0.29) is 11.8 Å². The summed E-state index contributed by atoms with van der Waals surface area (Å²) >= 11 is 0. The number of carbonyl (C=O) groups is 2. The molecule has 0 spiro atoms. The molecule has 27 heavy (non-hydrogen) atoms. The molecule has 4 nitrogen and oxygen atoms in total. The molecule has 0 aromatic heterocycles. The molecular formula is C23H26N2O2. The van der Waals surface area contributed by atoms with Crippen LogP contribution in [-0.4, -0.2) is 23.3 Å². The van der Waals surface area contributed by atoms with Crippen LogP contribution in [0.25, 0.3) is 0 Å². The molecule has 0 bridgehead atoms. The summed E-state index contributed by atoms with van der Waals surface area (Å²) in [5, 5.41) is 3.06. The third kappa shape index (κ3) is 4.05. The van der Waals surface area contributed by atoms with E-state index in [2.05, 4.69) is 17.4 Å². The van der Waals surface area contributed by atoms with Gasteiger partial charge in [0.15, 0.2) is 0 Å². The Morgan fingerprint density at radius 2 is 1.70 bits per heavy atom. The molecule has 2 amide bonds. The summed E-state index contributed by atoms with van der Waals surface area (Å²) in [6.07, 6.45) is 6.24. The predicted molar refractivity (Wildman–Crippen MR) is 105 cm³/mol. The normalized spacial score (nSPS) is 16.3. The monoisotopic (exact) mass is 362 g/mol. The number of likely N-dealkylation sites (tertiary alicyclic amines) is 1. The van der Waals surface area contributed by atoms with Crippen LogP contribution in [-0.2, 0) is 30.7 Å². The van der Waals surface area contributed by atoms with Gasteiger partial charge in [-0.05, 0) is 66.5 Å². The van der Waals surface area contributed by atoms with Crippen LogP contribution in [0, 0.1) is 0 Å². The standard InChI is InChI=1S/C23H26N2O2/c26-22-10-5-13-25(22)16-21-9-4-3-8-20(21)15-24-23(27)19-12-11-17-6-1-2-7-18(17)14-19/h3-4,8-9,11-12,14H,1-2,5-7,10,13,15-16H2,(H,24,27). The first-order valence-electron chi connectivity index (χ1n) is 9.95. The fraction of sp³-hybridized carbons (Fsp3) is 0.391. The molecular weight excluding hydrogens is 336 g/mol. The van der Waals surface area contributed by atoms with E-state index in [4.69, 9.17) is 0 Å². The predicted octanol–water partition coefficient (Wildman–Crippen LogP) is 3.62. The second-order valence-electron chi connectivity index (χ2n) is 7.56. The van der Waals surface area contributed by atoms with Gasteiger partial charge in [-0.25, -0.2) is 0 Å². The largest absolute Gasteiger partial charge is 0.348 e. The molecule has 2 aromatic rings. The van der Waals surface area contributed by atoms with Crippen LogP contribution in [0.1, 0.15) is 58.3 Å². The highest BCUT2D eigenvalue weighted by Crippen LogP contribution is 2.22. The minimum Gasteiger partial charge on any atom is -0.348 e. The minimum atomic E-state index is -0.0320. The van der Waals surface area contributed by atoms with Crippen LogP contribution < -0.4 is 5.32 Å². The van der Waals surface area contributed by atoms with Gasteiger partial charge in [0.25, 0.3) is 5.91 Å². The molecule has 140 valence electrons. The second kappa shape index (κ2) is 7.95. The minimum absolute atomic E-state index is 0.0320. The quantitative estimate of drug-likeness (QED) is 0.883. The summed E-state index contributed by atoms with van der Waals surface area (Å²) < 4.78 is 0. The number of hydrogen-bond donors (Lipinski definition) is 1. The molecule has 2 aliphatic rings. The number of hydrogen-bond acceptors (Lipinski definition) is 2. The van der Waals surface area contributed by atoms with Crippen molar-refractivity contribution >= 4 is 11.8 Å². The van der Waals surface area contributed by atoms with E-state index in [1.54, 1.807) is 0 Å². The van der Waals surface area contributed by atoms with Crippen molar-refractivity contribution in [2.24, 2.45) is 0 Å². The lowest BCUT2D eigenvalue weighted by molar-refractivity contribution is -0.128. The Bertz CT molecular complexity index is 859. The lowest BCUT2D eigenvalue weighted by Crippen LogP contribution is -2.27. The number of fused-ring (bicyclic) bond motifs is 1. The number of rotatable bonds is 5. The van der Waals surface area contributed by atoms with Crippen molar-refractivity contribution in [3.8, 4) is 0 Å².